The van der Waals surface area contributed by atoms with Crippen LogP contribution in [0.25, 0.3) is 0 Å². The first kappa shape index (κ1) is 15.4. The Kier molecular flexibility index (Phi) is 5.16. The number of nitrogens with two attached hydrogens (primary N) is 1. The molecule has 0 bridgehead atoms. The Morgan fingerprint density at radius 3 is 2.60 bits per heavy atom. The van der Waals surface area contributed by atoms with E-state index in [-0.39, 0.29) is 23.9 Å². The predicted octanol–water partition coefficient (Wildman–Crippen LogP) is 0.877. The van der Waals surface area contributed by atoms with Gasteiger partial charge in [-0.05, 0) is 37.6 Å². The zero-order valence-electron chi connectivity index (χ0n) is 12.6. The number of nitrogens with one attached hydrogen (secondary N) is 1. The van der Waals surface area contributed by atoms with Crippen LogP contribution < -0.4 is 11.1 Å². The van der Waals surface area contributed by atoms with Crippen molar-refractivity contribution in [2.24, 2.45) is 17.6 Å². The van der Waals surface area contributed by atoms with Crippen molar-refractivity contribution in [1.29, 1.82) is 0 Å². The van der Waals surface area contributed by atoms with Gasteiger partial charge in [-0.1, -0.05) is 26.7 Å². The summed E-state index contributed by atoms with van der Waals surface area (Å²) in [5, 5.41) is 2.46. The predicted molar refractivity (Wildman–Crippen MR) is 77.9 cm³/mol. The Bertz CT molecular complexity index is 372. The van der Waals surface area contributed by atoms with E-state index in [1.165, 1.54) is 12.8 Å². The molecule has 1 aliphatic carbocycles. The molecule has 1 saturated carbocycles. The van der Waals surface area contributed by atoms with Crippen LogP contribution in [0.1, 0.15) is 46.0 Å². The van der Waals surface area contributed by atoms with Crippen LogP contribution in [-0.2, 0) is 9.59 Å². The summed E-state index contributed by atoms with van der Waals surface area (Å²) in [6, 6.07) is 0.0982. The Labute approximate surface area is 121 Å². The zero-order valence-corrected chi connectivity index (χ0v) is 12.6. The Morgan fingerprint density at radius 1 is 1.25 bits per heavy atom. The van der Waals surface area contributed by atoms with E-state index >= 15 is 0 Å². The summed E-state index contributed by atoms with van der Waals surface area (Å²) in [5.74, 6) is 0.790. The smallest absolute Gasteiger partial charge is 0.243 e. The Hall–Kier alpha value is -0.940. The topological polar surface area (TPSA) is 75.4 Å². The van der Waals surface area contributed by atoms with Crippen LogP contribution in [0, 0.1) is 11.8 Å². The molecular formula is C15H27N3O2. The molecule has 2 aliphatic rings. The maximum absolute atomic E-state index is 12.0. The van der Waals surface area contributed by atoms with E-state index in [9.17, 15) is 9.59 Å². The molecule has 1 saturated heterocycles. The monoisotopic (exact) mass is 281 g/mol. The molecule has 114 valence electrons. The lowest BCUT2D eigenvalue weighted by molar-refractivity contribution is -0.143. The molecule has 2 amide bonds. The summed E-state index contributed by atoms with van der Waals surface area (Å²) in [6.07, 6.45) is 5.31. The van der Waals surface area contributed by atoms with Gasteiger partial charge in [-0.2, -0.15) is 0 Å². The van der Waals surface area contributed by atoms with Crippen molar-refractivity contribution in [2.45, 2.75) is 58.0 Å². The van der Waals surface area contributed by atoms with Gasteiger partial charge in [-0.15, -0.1) is 0 Å². The molecule has 2 rings (SSSR count). The molecule has 0 radical (unpaired) electrons. The summed E-state index contributed by atoms with van der Waals surface area (Å²) >= 11 is 0. The number of rotatable bonds is 4. The molecule has 0 spiro atoms. The highest BCUT2D eigenvalue weighted by Crippen LogP contribution is 2.35. The number of amides is 2. The highest BCUT2D eigenvalue weighted by atomic mass is 16.2. The van der Waals surface area contributed by atoms with Gasteiger partial charge in [0.25, 0.3) is 0 Å². The van der Waals surface area contributed by atoms with Crippen molar-refractivity contribution in [3.63, 3.8) is 0 Å². The van der Waals surface area contributed by atoms with Gasteiger partial charge in [0.2, 0.25) is 11.8 Å². The third-order valence-electron chi connectivity index (χ3n) is 5.05. The van der Waals surface area contributed by atoms with Crippen LogP contribution in [0.4, 0.5) is 0 Å². The van der Waals surface area contributed by atoms with Crippen LogP contribution in [-0.4, -0.2) is 41.9 Å². The SMILES string of the molecule is CCC1CCC(CN)C(N2CC(=O)NC(=O)C2CC)C1. The molecule has 0 aromatic rings. The fourth-order valence-corrected chi connectivity index (χ4v) is 3.80. The highest BCUT2D eigenvalue weighted by molar-refractivity contribution is 6.01. The number of hydrogen-bond donors (Lipinski definition) is 2. The molecule has 5 heteroatoms. The molecule has 0 aromatic heterocycles. The van der Waals surface area contributed by atoms with E-state index in [0.717, 1.165) is 19.3 Å². The van der Waals surface area contributed by atoms with E-state index in [2.05, 4.69) is 17.1 Å². The van der Waals surface area contributed by atoms with Crippen LogP contribution >= 0.6 is 0 Å². The van der Waals surface area contributed by atoms with Crippen molar-refractivity contribution < 1.29 is 9.59 Å². The van der Waals surface area contributed by atoms with Gasteiger partial charge in [0.1, 0.15) is 0 Å². The van der Waals surface area contributed by atoms with Crippen LogP contribution in [0.3, 0.4) is 0 Å². The Morgan fingerprint density at radius 2 is 2.00 bits per heavy atom. The number of carbonyl (C=O) groups excluding carboxylic acids is 2. The van der Waals surface area contributed by atoms with E-state index in [4.69, 9.17) is 5.73 Å². The second-order valence-electron chi connectivity index (χ2n) is 6.16. The quantitative estimate of drug-likeness (QED) is 0.750. The number of carbonyl (C=O) groups is 2. The second kappa shape index (κ2) is 6.68. The lowest BCUT2D eigenvalue weighted by Crippen LogP contribution is -2.63. The summed E-state index contributed by atoms with van der Waals surface area (Å²) in [4.78, 5) is 25.9. The van der Waals surface area contributed by atoms with Crippen molar-refractivity contribution in [1.82, 2.24) is 10.2 Å². The first-order valence-corrected chi connectivity index (χ1v) is 7.90. The molecule has 5 nitrogen and oxygen atoms in total. The number of hydrogen-bond acceptors (Lipinski definition) is 4. The van der Waals surface area contributed by atoms with Gasteiger partial charge in [0.15, 0.2) is 0 Å². The summed E-state index contributed by atoms with van der Waals surface area (Å²) < 4.78 is 0. The summed E-state index contributed by atoms with van der Waals surface area (Å²) in [6.45, 7) is 5.20. The van der Waals surface area contributed by atoms with Crippen LogP contribution in [0.2, 0.25) is 0 Å². The molecule has 1 aliphatic heterocycles. The molecule has 2 fully saturated rings. The van der Waals surface area contributed by atoms with Gasteiger partial charge in [0.05, 0.1) is 12.6 Å². The van der Waals surface area contributed by atoms with Gasteiger partial charge in [-0.3, -0.25) is 19.8 Å². The molecule has 1 heterocycles. The molecule has 4 unspecified atom stereocenters. The van der Waals surface area contributed by atoms with Crippen molar-refractivity contribution in [3.8, 4) is 0 Å². The van der Waals surface area contributed by atoms with Gasteiger partial charge in [0, 0.05) is 6.04 Å². The maximum Gasteiger partial charge on any atom is 0.243 e. The number of piperazine rings is 1. The molecule has 20 heavy (non-hydrogen) atoms. The van der Waals surface area contributed by atoms with Gasteiger partial charge < -0.3 is 5.73 Å². The third kappa shape index (κ3) is 3.04. The van der Waals surface area contributed by atoms with Crippen molar-refractivity contribution in [3.05, 3.63) is 0 Å². The van der Waals surface area contributed by atoms with Gasteiger partial charge in [-0.25, -0.2) is 0 Å². The fraction of sp³-hybridized carbons (Fsp3) is 0.867. The summed E-state index contributed by atoms with van der Waals surface area (Å²) in [5.41, 5.74) is 5.93. The number of nitrogens with zero attached hydrogens (tertiary/aromatic N) is 1. The average Bonchev–Trinajstić information content (AvgIpc) is 2.45. The minimum atomic E-state index is -0.178. The van der Waals surface area contributed by atoms with E-state index in [0.29, 0.717) is 24.9 Å². The average molecular weight is 281 g/mol. The fourth-order valence-electron chi connectivity index (χ4n) is 3.80. The summed E-state index contributed by atoms with van der Waals surface area (Å²) in [7, 11) is 0. The minimum absolute atomic E-state index is 0.141. The van der Waals surface area contributed by atoms with Crippen LogP contribution in [0.5, 0.6) is 0 Å². The standard InChI is InChI=1S/C15H27N3O2/c1-3-10-5-6-11(8-16)13(7-10)18-9-14(19)17-15(20)12(18)4-2/h10-13H,3-9,16H2,1-2H3,(H,17,19,20). The first-order valence-electron chi connectivity index (χ1n) is 7.90. The third-order valence-corrected chi connectivity index (χ3v) is 5.05. The second-order valence-corrected chi connectivity index (χ2v) is 6.16. The van der Waals surface area contributed by atoms with Crippen molar-refractivity contribution >= 4 is 11.8 Å². The molecule has 0 aromatic carbocycles. The van der Waals surface area contributed by atoms with E-state index in [1.807, 2.05) is 6.92 Å². The number of imide groups is 1. The zero-order chi connectivity index (χ0) is 14.7. The van der Waals surface area contributed by atoms with E-state index < -0.39 is 0 Å². The molecular weight excluding hydrogens is 254 g/mol. The minimum Gasteiger partial charge on any atom is -0.330 e. The highest BCUT2D eigenvalue weighted by Gasteiger charge is 2.41. The maximum atomic E-state index is 12.0. The molecule has 3 N–H and O–H groups in total. The lowest BCUT2D eigenvalue weighted by atomic mass is 9.76. The van der Waals surface area contributed by atoms with Crippen molar-refractivity contribution in [2.75, 3.05) is 13.1 Å². The Balaban J connectivity index is 2.19. The van der Waals surface area contributed by atoms with Gasteiger partial charge >= 0.3 is 0 Å². The van der Waals surface area contributed by atoms with E-state index in [1.54, 1.807) is 0 Å². The first-order chi connectivity index (χ1) is 9.60. The normalized spacial score (nSPS) is 36.0. The molecule has 4 atom stereocenters. The largest absolute Gasteiger partial charge is 0.330 e. The van der Waals surface area contributed by atoms with Crippen LogP contribution in [0.15, 0.2) is 0 Å². The lowest BCUT2D eigenvalue weighted by Gasteiger charge is -2.46.